The summed E-state index contributed by atoms with van der Waals surface area (Å²) in [6.45, 7) is 6.09. The highest BCUT2D eigenvalue weighted by molar-refractivity contribution is 7.10. The smallest absolute Gasteiger partial charge is 0.287 e. The molecule has 5 heteroatoms. The SMILES string of the molecule is COc1ccc2oc(C(=O)N[C@@H](c3cccs3)C(C)C)c(C)c2c1. The third-order valence-corrected chi connectivity index (χ3v) is 5.11. The molecule has 2 aromatic heterocycles. The van der Waals surface area contributed by atoms with Gasteiger partial charge >= 0.3 is 0 Å². The lowest BCUT2D eigenvalue weighted by atomic mass is 10.0. The second kappa shape index (κ2) is 6.69. The molecule has 0 aliphatic heterocycles. The van der Waals surface area contributed by atoms with Crippen LogP contribution in [0.25, 0.3) is 11.0 Å². The zero-order valence-electron chi connectivity index (χ0n) is 14.3. The molecule has 0 saturated carbocycles. The van der Waals surface area contributed by atoms with Crippen molar-refractivity contribution < 1.29 is 13.9 Å². The molecular formula is C19H21NO3S. The maximum absolute atomic E-state index is 12.8. The van der Waals surface area contributed by atoms with Gasteiger partial charge in [-0.2, -0.15) is 0 Å². The van der Waals surface area contributed by atoms with Crippen LogP contribution >= 0.6 is 11.3 Å². The number of carbonyl (C=O) groups excluding carboxylic acids is 1. The zero-order valence-corrected chi connectivity index (χ0v) is 15.1. The minimum atomic E-state index is -0.185. The lowest BCUT2D eigenvalue weighted by Crippen LogP contribution is -2.31. The van der Waals surface area contributed by atoms with Gasteiger partial charge < -0.3 is 14.5 Å². The number of carbonyl (C=O) groups is 1. The molecule has 4 nitrogen and oxygen atoms in total. The van der Waals surface area contributed by atoms with Crippen LogP contribution < -0.4 is 10.1 Å². The van der Waals surface area contributed by atoms with Gasteiger partial charge in [-0.15, -0.1) is 11.3 Å². The molecule has 1 aromatic carbocycles. The van der Waals surface area contributed by atoms with E-state index in [9.17, 15) is 4.79 Å². The lowest BCUT2D eigenvalue weighted by molar-refractivity contribution is 0.0899. The standard InChI is InChI=1S/C19H21NO3S/c1-11(2)17(16-6-5-9-24-16)20-19(21)18-12(3)14-10-13(22-4)7-8-15(14)23-18/h5-11,17H,1-4H3,(H,20,21)/t17-/m1/s1. The van der Waals surface area contributed by atoms with E-state index in [2.05, 4.69) is 19.2 Å². The lowest BCUT2D eigenvalue weighted by Gasteiger charge is -2.20. The first-order chi connectivity index (χ1) is 11.5. The van der Waals surface area contributed by atoms with E-state index in [4.69, 9.17) is 9.15 Å². The van der Waals surface area contributed by atoms with Gasteiger partial charge in [0.15, 0.2) is 5.76 Å². The van der Waals surface area contributed by atoms with Crippen molar-refractivity contribution in [1.82, 2.24) is 5.32 Å². The summed E-state index contributed by atoms with van der Waals surface area (Å²) in [5.41, 5.74) is 1.52. The summed E-state index contributed by atoms with van der Waals surface area (Å²) in [6.07, 6.45) is 0. The molecule has 1 amide bonds. The van der Waals surface area contributed by atoms with E-state index in [1.807, 2.05) is 42.6 Å². The van der Waals surface area contributed by atoms with Crippen LogP contribution in [-0.4, -0.2) is 13.0 Å². The number of hydrogen-bond acceptors (Lipinski definition) is 4. The third kappa shape index (κ3) is 3.04. The summed E-state index contributed by atoms with van der Waals surface area (Å²) >= 11 is 1.65. The molecule has 2 heterocycles. The van der Waals surface area contributed by atoms with Crippen LogP contribution in [0.15, 0.2) is 40.1 Å². The van der Waals surface area contributed by atoms with Gasteiger partial charge in [0.25, 0.3) is 5.91 Å². The quantitative estimate of drug-likeness (QED) is 0.714. The van der Waals surface area contributed by atoms with Crippen molar-refractivity contribution in [2.75, 3.05) is 7.11 Å². The average Bonchev–Trinajstić information content (AvgIpc) is 3.20. The average molecular weight is 343 g/mol. The first-order valence-electron chi connectivity index (χ1n) is 7.92. The molecule has 0 spiro atoms. The van der Waals surface area contributed by atoms with Gasteiger partial charge in [0.1, 0.15) is 11.3 Å². The van der Waals surface area contributed by atoms with Crippen molar-refractivity contribution in [3.63, 3.8) is 0 Å². The number of fused-ring (bicyclic) bond motifs is 1. The molecule has 3 aromatic rings. The van der Waals surface area contributed by atoms with Crippen molar-refractivity contribution in [1.29, 1.82) is 0 Å². The van der Waals surface area contributed by atoms with Gasteiger partial charge in [-0.1, -0.05) is 19.9 Å². The van der Waals surface area contributed by atoms with Gasteiger partial charge in [-0.3, -0.25) is 4.79 Å². The van der Waals surface area contributed by atoms with Gasteiger partial charge in [0, 0.05) is 15.8 Å². The molecule has 24 heavy (non-hydrogen) atoms. The molecule has 126 valence electrons. The van der Waals surface area contributed by atoms with E-state index in [0.717, 1.165) is 21.6 Å². The number of rotatable bonds is 5. The zero-order chi connectivity index (χ0) is 17.3. The Bertz CT molecular complexity index is 849. The number of benzene rings is 1. The number of thiophene rings is 1. The van der Waals surface area contributed by atoms with E-state index < -0.39 is 0 Å². The van der Waals surface area contributed by atoms with Crippen molar-refractivity contribution in [2.45, 2.75) is 26.8 Å². The van der Waals surface area contributed by atoms with Crippen LogP contribution in [0, 0.1) is 12.8 Å². The summed E-state index contributed by atoms with van der Waals surface area (Å²) in [5.74, 6) is 1.21. The predicted molar refractivity (Wildman–Crippen MR) is 96.9 cm³/mol. The van der Waals surface area contributed by atoms with E-state index in [0.29, 0.717) is 11.3 Å². The number of hydrogen-bond donors (Lipinski definition) is 1. The second-order valence-electron chi connectivity index (χ2n) is 6.13. The summed E-state index contributed by atoms with van der Waals surface area (Å²) in [7, 11) is 1.62. The molecule has 0 fully saturated rings. The molecule has 0 radical (unpaired) electrons. The number of aryl methyl sites for hydroxylation is 1. The van der Waals surface area contributed by atoms with E-state index in [1.54, 1.807) is 18.4 Å². The molecule has 0 aliphatic carbocycles. The van der Waals surface area contributed by atoms with Crippen LogP contribution in [0.4, 0.5) is 0 Å². The Hall–Kier alpha value is -2.27. The Kier molecular flexibility index (Phi) is 4.62. The normalized spacial score (nSPS) is 12.5. The van der Waals surface area contributed by atoms with E-state index in [1.165, 1.54) is 0 Å². The van der Waals surface area contributed by atoms with Gasteiger partial charge in [0.05, 0.1) is 13.2 Å². The van der Waals surface area contributed by atoms with E-state index >= 15 is 0 Å². The fourth-order valence-electron chi connectivity index (χ4n) is 2.78. The minimum Gasteiger partial charge on any atom is -0.497 e. The van der Waals surface area contributed by atoms with Crippen molar-refractivity contribution in [3.05, 3.63) is 51.9 Å². The van der Waals surface area contributed by atoms with Gasteiger partial charge in [0.2, 0.25) is 0 Å². The highest BCUT2D eigenvalue weighted by Crippen LogP contribution is 2.30. The van der Waals surface area contributed by atoms with Crippen molar-refractivity contribution >= 4 is 28.2 Å². The monoisotopic (exact) mass is 343 g/mol. The number of nitrogens with one attached hydrogen (secondary N) is 1. The first kappa shape index (κ1) is 16.6. The minimum absolute atomic E-state index is 0.0281. The Morgan fingerprint density at radius 3 is 2.71 bits per heavy atom. The largest absolute Gasteiger partial charge is 0.497 e. The van der Waals surface area contributed by atoms with Crippen molar-refractivity contribution in [2.24, 2.45) is 5.92 Å². The fourth-order valence-corrected chi connectivity index (χ4v) is 3.73. The predicted octanol–water partition coefficient (Wildman–Crippen LogP) is 4.94. The molecular weight excluding hydrogens is 322 g/mol. The molecule has 1 atom stereocenters. The highest BCUT2D eigenvalue weighted by Gasteiger charge is 2.24. The van der Waals surface area contributed by atoms with Gasteiger partial charge in [-0.25, -0.2) is 0 Å². The Balaban J connectivity index is 1.92. The number of methoxy groups -OCH3 is 1. The van der Waals surface area contributed by atoms with Crippen LogP contribution in [-0.2, 0) is 0 Å². The summed E-state index contributed by atoms with van der Waals surface area (Å²) in [4.78, 5) is 13.9. The summed E-state index contributed by atoms with van der Waals surface area (Å²) in [5, 5.41) is 6.04. The van der Waals surface area contributed by atoms with Crippen LogP contribution in [0.5, 0.6) is 5.75 Å². The van der Waals surface area contributed by atoms with Crippen LogP contribution in [0.2, 0.25) is 0 Å². The first-order valence-corrected chi connectivity index (χ1v) is 8.80. The third-order valence-electron chi connectivity index (χ3n) is 4.15. The molecule has 3 rings (SSSR count). The number of furan rings is 1. The maximum Gasteiger partial charge on any atom is 0.287 e. The van der Waals surface area contributed by atoms with Gasteiger partial charge in [-0.05, 0) is 42.5 Å². The van der Waals surface area contributed by atoms with Crippen molar-refractivity contribution in [3.8, 4) is 5.75 Å². The summed E-state index contributed by atoms with van der Waals surface area (Å²) in [6, 6.07) is 9.57. The topological polar surface area (TPSA) is 51.5 Å². The highest BCUT2D eigenvalue weighted by atomic mass is 32.1. The second-order valence-corrected chi connectivity index (χ2v) is 7.11. The maximum atomic E-state index is 12.8. The number of amides is 1. The molecule has 0 saturated heterocycles. The van der Waals surface area contributed by atoms with Crippen LogP contribution in [0.3, 0.4) is 0 Å². The Labute approximate surface area is 145 Å². The molecule has 0 aliphatic rings. The summed E-state index contributed by atoms with van der Waals surface area (Å²) < 4.78 is 11.0. The fraction of sp³-hybridized carbons (Fsp3) is 0.316. The Morgan fingerprint density at radius 2 is 2.08 bits per heavy atom. The molecule has 0 bridgehead atoms. The molecule has 1 N–H and O–H groups in total. The molecule has 0 unspecified atom stereocenters. The van der Waals surface area contributed by atoms with Crippen LogP contribution in [0.1, 0.15) is 40.9 Å². The Morgan fingerprint density at radius 1 is 1.29 bits per heavy atom. The number of ether oxygens (including phenoxy) is 1. The van der Waals surface area contributed by atoms with E-state index in [-0.39, 0.29) is 17.9 Å².